The SMILES string of the molecule is CC[C@H](C)c1ccccc1N1C[C@@H](C(=O)OCc2ccc(C(=O)OC)cc2)CC1=O. The number of esters is 2. The Kier molecular flexibility index (Phi) is 6.87. The highest BCUT2D eigenvalue weighted by molar-refractivity contribution is 6.00. The van der Waals surface area contributed by atoms with Crippen LogP contribution in [0.2, 0.25) is 0 Å². The van der Waals surface area contributed by atoms with Gasteiger partial charge in [0.2, 0.25) is 5.91 Å². The topological polar surface area (TPSA) is 72.9 Å². The van der Waals surface area contributed by atoms with E-state index in [1.54, 1.807) is 29.2 Å². The summed E-state index contributed by atoms with van der Waals surface area (Å²) >= 11 is 0. The van der Waals surface area contributed by atoms with Crippen LogP contribution in [0.25, 0.3) is 0 Å². The van der Waals surface area contributed by atoms with Gasteiger partial charge in [0.25, 0.3) is 0 Å². The lowest BCUT2D eigenvalue weighted by Crippen LogP contribution is -2.27. The van der Waals surface area contributed by atoms with Gasteiger partial charge in [-0.1, -0.05) is 44.2 Å². The molecule has 0 saturated carbocycles. The standard InChI is InChI=1S/C24H27NO5/c1-4-16(2)20-7-5-6-8-21(20)25-14-19(13-22(25)26)24(28)30-15-17-9-11-18(12-10-17)23(27)29-3/h5-12,16,19H,4,13-15H2,1-3H3/t16-,19-/m0/s1. The van der Waals surface area contributed by atoms with Crippen molar-refractivity contribution in [3.8, 4) is 0 Å². The summed E-state index contributed by atoms with van der Waals surface area (Å²) < 4.78 is 10.1. The number of hydrogen-bond acceptors (Lipinski definition) is 5. The summed E-state index contributed by atoms with van der Waals surface area (Å²) in [5.41, 5.74) is 3.20. The van der Waals surface area contributed by atoms with Gasteiger partial charge in [-0.2, -0.15) is 0 Å². The number of para-hydroxylation sites is 1. The Labute approximate surface area is 176 Å². The van der Waals surface area contributed by atoms with E-state index in [0.29, 0.717) is 18.0 Å². The minimum atomic E-state index is -0.489. The molecule has 0 N–H and O–H groups in total. The number of hydrogen-bond donors (Lipinski definition) is 0. The Bertz CT molecular complexity index is 921. The summed E-state index contributed by atoms with van der Waals surface area (Å²) in [5.74, 6) is -1.02. The zero-order valence-electron chi connectivity index (χ0n) is 17.6. The second-order valence-corrected chi connectivity index (χ2v) is 7.57. The van der Waals surface area contributed by atoms with Crippen LogP contribution in [0.15, 0.2) is 48.5 Å². The number of methoxy groups -OCH3 is 1. The average Bonchev–Trinajstić information content (AvgIpc) is 3.18. The maximum absolute atomic E-state index is 12.6. The van der Waals surface area contributed by atoms with Gasteiger partial charge in [-0.15, -0.1) is 0 Å². The maximum Gasteiger partial charge on any atom is 0.337 e. The first kappa shape index (κ1) is 21.6. The Balaban J connectivity index is 1.62. The summed E-state index contributed by atoms with van der Waals surface area (Å²) in [6, 6.07) is 14.6. The number of anilines is 1. The van der Waals surface area contributed by atoms with Crippen molar-refractivity contribution >= 4 is 23.5 Å². The van der Waals surface area contributed by atoms with Crippen LogP contribution in [0.5, 0.6) is 0 Å². The molecule has 158 valence electrons. The van der Waals surface area contributed by atoms with Crippen LogP contribution in [-0.4, -0.2) is 31.5 Å². The molecule has 0 unspecified atom stereocenters. The first-order chi connectivity index (χ1) is 14.4. The van der Waals surface area contributed by atoms with Gasteiger partial charge >= 0.3 is 11.9 Å². The van der Waals surface area contributed by atoms with Gasteiger partial charge in [0.05, 0.1) is 18.6 Å². The van der Waals surface area contributed by atoms with Crippen molar-refractivity contribution in [2.75, 3.05) is 18.6 Å². The van der Waals surface area contributed by atoms with E-state index >= 15 is 0 Å². The summed E-state index contributed by atoms with van der Waals surface area (Å²) in [5, 5.41) is 0. The Hall–Kier alpha value is -3.15. The van der Waals surface area contributed by atoms with Crippen LogP contribution in [0.4, 0.5) is 5.69 Å². The molecule has 6 heteroatoms. The molecule has 1 heterocycles. The Morgan fingerprint density at radius 3 is 2.50 bits per heavy atom. The van der Waals surface area contributed by atoms with E-state index in [1.165, 1.54) is 7.11 Å². The lowest BCUT2D eigenvalue weighted by atomic mass is 9.96. The second-order valence-electron chi connectivity index (χ2n) is 7.57. The van der Waals surface area contributed by atoms with Crippen LogP contribution in [0, 0.1) is 5.92 Å². The van der Waals surface area contributed by atoms with Crippen molar-refractivity contribution in [1.29, 1.82) is 0 Å². The highest BCUT2D eigenvalue weighted by atomic mass is 16.5. The van der Waals surface area contributed by atoms with E-state index in [1.807, 2.05) is 24.3 Å². The molecule has 1 saturated heterocycles. The van der Waals surface area contributed by atoms with Gasteiger partial charge in [0.15, 0.2) is 0 Å². The zero-order valence-corrected chi connectivity index (χ0v) is 17.6. The molecule has 1 aliphatic heterocycles. The van der Waals surface area contributed by atoms with E-state index in [9.17, 15) is 14.4 Å². The van der Waals surface area contributed by atoms with Crippen molar-refractivity contribution < 1.29 is 23.9 Å². The molecule has 2 aromatic carbocycles. The summed E-state index contributed by atoms with van der Waals surface area (Å²) in [6.07, 6.45) is 1.12. The number of rotatable bonds is 7. The molecule has 0 bridgehead atoms. The molecule has 2 aromatic rings. The van der Waals surface area contributed by atoms with E-state index in [4.69, 9.17) is 4.74 Å². The summed E-state index contributed by atoms with van der Waals surface area (Å²) in [7, 11) is 1.32. The molecule has 0 radical (unpaired) electrons. The number of nitrogens with zero attached hydrogens (tertiary/aromatic N) is 1. The van der Waals surface area contributed by atoms with Gasteiger partial charge in [-0.25, -0.2) is 4.79 Å². The zero-order chi connectivity index (χ0) is 21.7. The van der Waals surface area contributed by atoms with E-state index < -0.39 is 11.9 Å². The lowest BCUT2D eigenvalue weighted by Gasteiger charge is -2.23. The molecule has 6 nitrogen and oxygen atoms in total. The van der Waals surface area contributed by atoms with Gasteiger partial charge in [0, 0.05) is 18.7 Å². The number of amides is 1. The van der Waals surface area contributed by atoms with Crippen LogP contribution in [-0.2, 0) is 25.7 Å². The lowest BCUT2D eigenvalue weighted by molar-refractivity contribution is -0.149. The van der Waals surface area contributed by atoms with Crippen LogP contribution < -0.4 is 4.90 Å². The van der Waals surface area contributed by atoms with Gasteiger partial charge < -0.3 is 14.4 Å². The van der Waals surface area contributed by atoms with Crippen LogP contribution in [0.3, 0.4) is 0 Å². The number of ether oxygens (including phenoxy) is 2. The number of benzene rings is 2. The van der Waals surface area contributed by atoms with E-state index in [2.05, 4.69) is 18.6 Å². The van der Waals surface area contributed by atoms with Crippen molar-refractivity contribution in [1.82, 2.24) is 0 Å². The summed E-state index contributed by atoms with van der Waals surface area (Å²) in [4.78, 5) is 38.4. The van der Waals surface area contributed by atoms with Crippen LogP contribution >= 0.6 is 0 Å². The van der Waals surface area contributed by atoms with Gasteiger partial charge in [0.1, 0.15) is 6.61 Å². The van der Waals surface area contributed by atoms with Gasteiger partial charge in [-0.3, -0.25) is 9.59 Å². The normalized spacial score (nSPS) is 17.0. The summed E-state index contributed by atoms with van der Waals surface area (Å²) in [6.45, 7) is 4.67. The molecular formula is C24H27NO5. The van der Waals surface area contributed by atoms with Crippen molar-refractivity contribution in [2.45, 2.75) is 39.2 Å². The molecule has 1 amide bonds. The molecule has 0 aromatic heterocycles. The maximum atomic E-state index is 12.6. The molecular weight excluding hydrogens is 382 g/mol. The Morgan fingerprint density at radius 1 is 1.13 bits per heavy atom. The molecule has 0 spiro atoms. The fraction of sp³-hybridized carbons (Fsp3) is 0.375. The predicted octanol–water partition coefficient (Wildman–Crippen LogP) is 4.08. The van der Waals surface area contributed by atoms with E-state index in [0.717, 1.165) is 23.2 Å². The molecule has 2 atom stereocenters. The average molecular weight is 409 g/mol. The molecule has 0 aliphatic carbocycles. The highest BCUT2D eigenvalue weighted by Crippen LogP contribution is 2.33. The van der Waals surface area contributed by atoms with Crippen LogP contribution in [0.1, 0.15) is 54.1 Å². The Morgan fingerprint density at radius 2 is 1.83 bits per heavy atom. The number of carbonyl (C=O) groups excluding carboxylic acids is 3. The molecule has 1 aliphatic rings. The third-order valence-corrected chi connectivity index (χ3v) is 5.59. The first-order valence-electron chi connectivity index (χ1n) is 10.2. The molecule has 3 rings (SSSR count). The first-order valence-corrected chi connectivity index (χ1v) is 10.2. The largest absolute Gasteiger partial charge is 0.465 e. The third kappa shape index (κ3) is 4.70. The van der Waals surface area contributed by atoms with Crippen molar-refractivity contribution in [2.24, 2.45) is 5.92 Å². The minimum Gasteiger partial charge on any atom is -0.465 e. The highest BCUT2D eigenvalue weighted by Gasteiger charge is 2.37. The van der Waals surface area contributed by atoms with Gasteiger partial charge in [-0.05, 0) is 41.7 Å². The van der Waals surface area contributed by atoms with E-state index in [-0.39, 0.29) is 24.9 Å². The fourth-order valence-corrected chi connectivity index (χ4v) is 3.60. The second kappa shape index (κ2) is 9.57. The minimum absolute atomic E-state index is 0.0601. The monoisotopic (exact) mass is 409 g/mol. The van der Waals surface area contributed by atoms with Crippen molar-refractivity contribution in [3.05, 3.63) is 65.2 Å². The number of carbonyl (C=O) groups is 3. The quantitative estimate of drug-likeness (QED) is 0.644. The predicted molar refractivity (Wildman–Crippen MR) is 113 cm³/mol. The molecule has 1 fully saturated rings. The fourth-order valence-electron chi connectivity index (χ4n) is 3.60. The smallest absolute Gasteiger partial charge is 0.337 e. The van der Waals surface area contributed by atoms with Crippen molar-refractivity contribution in [3.63, 3.8) is 0 Å². The molecule has 30 heavy (non-hydrogen) atoms. The third-order valence-electron chi connectivity index (χ3n) is 5.59.